The number of aromatic nitrogens is 2. The summed E-state index contributed by atoms with van der Waals surface area (Å²) in [5, 5.41) is 4.22. The second-order valence-corrected chi connectivity index (χ2v) is 11.5. The van der Waals surface area contributed by atoms with Crippen LogP contribution >= 0.6 is 0 Å². The van der Waals surface area contributed by atoms with Gasteiger partial charge in [0.2, 0.25) is 5.89 Å². The van der Waals surface area contributed by atoms with Gasteiger partial charge in [-0.3, -0.25) is 9.59 Å². The summed E-state index contributed by atoms with van der Waals surface area (Å²) in [6, 6.07) is 17.0. The molecule has 5 rings (SSSR count). The largest absolute Gasteiger partial charge is 0.371 e. The lowest BCUT2D eigenvalue weighted by molar-refractivity contribution is -0.0535. The molecule has 2 atom stereocenters. The molecule has 0 spiro atoms. The van der Waals surface area contributed by atoms with E-state index >= 15 is 0 Å². The molecule has 0 bridgehead atoms. The van der Waals surface area contributed by atoms with Gasteiger partial charge in [-0.2, -0.15) is 4.98 Å². The molecule has 0 unspecified atom stereocenters. The maximum atomic E-state index is 13.7. The third-order valence-electron chi connectivity index (χ3n) is 7.29. The monoisotopic (exact) mass is 530 g/mol. The van der Waals surface area contributed by atoms with E-state index in [1.807, 2.05) is 43.9 Å². The number of nitrogens with zero attached hydrogens (tertiary/aromatic N) is 4. The highest BCUT2D eigenvalue weighted by molar-refractivity contribution is 5.98. The van der Waals surface area contributed by atoms with Crippen molar-refractivity contribution >= 4 is 11.8 Å². The number of carbonyl (C=O) groups excluding carboxylic acids is 2. The van der Waals surface area contributed by atoms with E-state index in [2.05, 4.69) is 22.3 Å². The van der Waals surface area contributed by atoms with Gasteiger partial charge in [-0.15, -0.1) is 0 Å². The molecule has 2 amide bonds. The zero-order chi connectivity index (χ0) is 27.4. The van der Waals surface area contributed by atoms with Crippen LogP contribution in [-0.4, -0.2) is 63.1 Å². The third-order valence-corrected chi connectivity index (χ3v) is 7.29. The number of hydrogen-bond donors (Lipinski definition) is 0. The zero-order valence-electron chi connectivity index (χ0n) is 23.1. The molecule has 206 valence electrons. The van der Waals surface area contributed by atoms with Gasteiger partial charge in [0.05, 0.1) is 11.7 Å². The van der Waals surface area contributed by atoms with Crippen LogP contribution in [0.2, 0.25) is 0 Å². The minimum absolute atomic E-state index is 0.0230. The van der Waals surface area contributed by atoms with Gasteiger partial charge in [0.1, 0.15) is 6.04 Å². The van der Waals surface area contributed by atoms with Crippen molar-refractivity contribution in [1.29, 1.82) is 0 Å². The second-order valence-electron chi connectivity index (χ2n) is 11.5. The van der Waals surface area contributed by atoms with Crippen LogP contribution in [0.1, 0.15) is 90.5 Å². The van der Waals surface area contributed by atoms with Crippen molar-refractivity contribution < 1.29 is 18.8 Å². The first-order chi connectivity index (χ1) is 18.8. The summed E-state index contributed by atoms with van der Waals surface area (Å²) in [7, 11) is 0. The maximum absolute atomic E-state index is 13.7. The van der Waals surface area contributed by atoms with Crippen molar-refractivity contribution in [3.8, 4) is 0 Å². The van der Waals surface area contributed by atoms with Crippen molar-refractivity contribution in [1.82, 2.24) is 19.9 Å². The molecule has 8 heteroatoms. The van der Waals surface area contributed by atoms with Gasteiger partial charge in [-0.05, 0) is 76.3 Å². The maximum Gasteiger partial charge on any atom is 0.254 e. The van der Waals surface area contributed by atoms with Crippen molar-refractivity contribution in [2.45, 2.75) is 77.0 Å². The van der Waals surface area contributed by atoms with Crippen LogP contribution in [0.5, 0.6) is 0 Å². The number of likely N-dealkylation sites (tertiary alicyclic amines) is 2. The van der Waals surface area contributed by atoms with E-state index in [4.69, 9.17) is 9.26 Å². The fraction of sp³-hybridized carbons (Fsp3) is 0.484. The Morgan fingerprint density at radius 1 is 0.949 bits per heavy atom. The number of aryl methyl sites for hydroxylation is 2. The number of carbonyl (C=O) groups is 2. The smallest absolute Gasteiger partial charge is 0.254 e. The average molecular weight is 531 g/mol. The first-order valence-corrected chi connectivity index (χ1v) is 14.0. The molecule has 3 heterocycles. The van der Waals surface area contributed by atoms with Gasteiger partial charge in [0, 0.05) is 43.6 Å². The van der Waals surface area contributed by atoms with Crippen LogP contribution in [0.15, 0.2) is 59.1 Å². The molecule has 2 aliphatic rings. The van der Waals surface area contributed by atoms with E-state index in [-0.39, 0.29) is 29.6 Å². The van der Waals surface area contributed by atoms with Crippen LogP contribution in [0.25, 0.3) is 0 Å². The van der Waals surface area contributed by atoms with Gasteiger partial charge >= 0.3 is 0 Å². The molecule has 39 heavy (non-hydrogen) atoms. The molecule has 3 aromatic rings. The zero-order valence-corrected chi connectivity index (χ0v) is 23.1. The molecule has 1 aromatic heterocycles. The van der Waals surface area contributed by atoms with Crippen molar-refractivity contribution in [3.05, 3.63) is 83.0 Å². The molecule has 2 aromatic carbocycles. The summed E-state index contributed by atoms with van der Waals surface area (Å²) in [4.78, 5) is 34.8. The highest BCUT2D eigenvalue weighted by atomic mass is 16.5. The number of hydrogen-bond acceptors (Lipinski definition) is 6. The molecule has 0 aliphatic carbocycles. The molecule has 8 nitrogen and oxygen atoms in total. The van der Waals surface area contributed by atoms with Gasteiger partial charge in [-0.25, -0.2) is 0 Å². The Kier molecular flexibility index (Phi) is 8.12. The van der Waals surface area contributed by atoms with Crippen molar-refractivity contribution in [2.24, 2.45) is 0 Å². The summed E-state index contributed by atoms with van der Waals surface area (Å²) >= 11 is 0. The minimum Gasteiger partial charge on any atom is -0.371 e. The van der Waals surface area contributed by atoms with Gasteiger partial charge < -0.3 is 19.1 Å². The first kappa shape index (κ1) is 27.1. The van der Waals surface area contributed by atoms with E-state index in [9.17, 15) is 9.59 Å². The fourth-order valence-electron chi connectivity index (χ4n) is 5.47. The molecule has 0 radical (unpaired) electrons. The van der Waals surface area contributed by atoms with Gasteiger partial charge in [0.15, 0.2) is 5.82 Å². The highest BCUT2D eigenvalue weighted by Crippen LogP contribution is 2.35. The van der Waals surface area contributed by atoms with Crippen LogP contribution < -0.4 is 0 Å². The standard InChI is InChI=1S/C31H38N4O4/c1-31(2,3)38-25-20-26(28-32-27(33-39-28)13-9-12-22-10-5-4-6-11-22)35(21-25)30(37)24-16-14-23(15-17-24)29(36)34-18-7-8-19-34/h4-6,10-11,14-17,25-26H,7-9,12-13,18-21H2,1-3H3/t25-,26+/m1/s1. The Labute approximate surface area is 230 Å². The Bertz CT molecular complexity index is 1260. The quantitative estimate of drug-likeness (QED) is 0.395. The topological polar surface area (TPSA) is 88.8 Å². The lowest BCUT2D eigenvalue weighted by atomic mass is 10.1. The molecule has 2 aliphatic heterocycles. The van der Waals surface area contributed by atoms with Crippen LogP contribution in [0, 0.1) is 0 Å². The number of ether oxygens (including phenoxy) is 1. The SMILES string of the molecule is CC(C)(C)O[C@@H]1C[C@@H](c2nc(CCCc3ccccc3)no2)N(C(=O)c2ccc(C(=O)N3CCCC3)cc2)C1. The Balaban J connectivity index is 1.29. The normalized spacial score (nSPS) is 19.6. The van der Waals surface area contributed by atoms with E-state index < -0.39 is 0 Å². The summed E-state index contributed by atoms with van der Waals surface area (Å²) in [5.74, 6) is 0.982. The number of rotatable bonds is 8. The van der Waals surface area contributed by atoms with E-state index in [1.165, 1.54) is 5.56 Å². The predicted octanol–water partition coefficient (Wildman–Crippen LogP) is 5.25. The van der Waals surface area contributed by atoms with Crippen LogP contribution in [0.4, 0.5) is 0 Å². The highest BCUT2D eigenvalue weighted by Gasteiger charge is 2.41. The molecule has 0 N–H and O–H groups in total. The average Bonchev–Trinajstić information content (AvgIpc) is 3.69. The predicted molar refractivity (Wildman–Crippen MR) is 147 cm³/mol. The first-order valence-electron chi connectivity index (χ1n) is 14.0. The van der Waals surface area contributed by atoms with E-state index in [0.717, 1.165) is 38.8 Å². The van der Waals surface area contributed by atoms with Crippen molar-refractivity contribution in [3.63, 3.8) is 0 Å². The Morgan fingerprint density at radius 3 is 2.28 bits per heavy atom. The molecular formula is C31H38N4O4. The Hall–Kier alpha value is -3.52. The van der Waals surface area contributed by atoms with Crippen molar-refractivity contribution in [2.75, 3.05) is 19.6 Å². The minimum atomic E-state index is -0.369. The fourth-order valence-corrected chi connectivity index (χ4v) is 5.47. The van der Waals surface area contributed by atoms with Crippen LogP contribution in [0.3, 0.4) is 0 Å². The second kappa shape index (κ2) is 11.7. The number of amides is 2. The van der Waals surface area contributed by atoms with E-state index in [1.54, 1.807) is 29.2 Å². The molecule has 2 saturated heterocycles. The number of benzene rings is 2. The molecular weight excluding hydrogens is 492 g/mol. The third kappa shape index (κ3) is 6.74. The van der Waals surface area contributed by atoms with Gasteiger partial charge in [0.25, 0.3) is 11.8 Å². The van der Waals surface area contributed by atoms with E-state index in [0.29, 0.717) is 42.2 Å². The van der Waals surface area contributed by atoms with Crippen LogP contribution in [-0.2, 0) is 17.6 Å². The summed E-state index contributed by atoms with van der Waals surface area (Å²) in [6.07, 6.45) is 5.07. The summed E-state index contributed by atoms with van der Waals surface area (Å²) in [6.45, 7) is 8.06. The summed E-state index contributed by atoms with van der Waals surface area (Å²) in [5.41, 5.74) is 2.07. The lowest BCUT2D eigenvalue weighted by Gasteiger charge is -2.25. The Morgan fingerprint density at radius 2 is 1.62 bits per heavy atom. The molecule has 0 saturated carbocycles. The summed E-state index contributed by atoms with van der Waals surface area (Å²) < 4.78 is 12.0. The van der Waals surface area contributed by atoms with Gasteiger partial charge in [-0.1, -0.05) is 35.5 Å². The molecule has 2 fully saturated rings. The lowest BCUT2D eigenvalue weighted by Crippen LogP contribution is -2.34.